The van der Waals surface area contributed by atoms with Gasteiger partial charge in [-0.2, -0.15) is 5.26 Å². The Labute approximate surface area is 120 Å². The first-order chi connectivity index (χ1) is 8.74. The summed E-state index contributed by atoms with van der Waals surface area (Å²) < 4.78 is 5.23. The molecule has 1 saturated heterocycles. The predicted octanol–water partition coefficient (Wildman–Crippen LogP) is 1.78. The van der Waals surface area contributed by atoms with Gasteiger partial charge in [0.25, 0.3) is 0 Å². The van der Waals surface area contributed by atoms with Gasteiger partial charge in [-0.3, -0.25) is 4.90 Å². The van der Waals surface area contributed by atoms with Crippen molar-refractivity contribution in [3.8, 4) is 11.8 Å². The summed E-state index contributed by atoms with van der Waals surface area (Å²) in [5.41, 5.74) is 1.77. The summed E-state index contributed by atoms with van der Waals surface area (Å²) in [6.45, 7) is 3.05. The van der Waals surface area contributed by atoms with Gasteiger partial charge in [0.1, 0.15) is 11.8 Å². The van der Waals surface area contributed by atoms with Crippen molar-refractivity contribution in [2.45, 2.75) is 19.0 Å². The molecule has 1 fully saturated rings. The normalized spacial score (nSPS) is 17.9. The molecule has 5 heteroatoms. The first-order valence-corrected chi connectivity index (χ1v) is 6.22. The van der Waals surface area contributed by atoms with Crippen molar-refractivity contribution in [2.24, 2.45) is 0 Å². The molecule has 0 amide bonds. The SMILES string of the molecule is COc1cc(CN(C)C2CCNC2)ccc1C#N.Cl. The zero-order chi connectivity index (χ0) is 13.0. The number of rotatable bonds is 4. The van der Waals surface area contributed by atoms with Gasteiger partial charge < -0.3 is 10.1 Å². The molecule has 0 saturated carbocycles. The maximum Gasteiger partial charge on any atom is 0.136 e. The first-order valence-electron chi connectivity index (χ1n) is 6.22. The minimum absolute atomic E-state index is 0. The van der Waals surface area contributed by atoms with E-state index in [4.69, 9.17) is 10.00 Å². The number of methoxy groups -OCH3 is 1. The second kappa shape index (κ2) is 7.34. The summed E-state index contributed by atoms with van der Waals surface area (Å²) in [7, 11) is 3.74. The molecule has 1 heterocycles. The molecule has 1 aromatic carbocycles. The minimum Gasteiger partial charge on any atom is -0.495 e. The summed E-state index contributed by atoms with van der Waals surface area (Å²) in [6.07, 6.45) is 1.20. The standard InChI is InChI=1S/C14H19N3O.ClH/c1-17(13-5-6-16-9-13)10-11-3-4-12(8-15)14(7-11)18-2;/h3-4,7,13,16H,5-6,9-10H2,1-2H3;1H. The number of benzene rings is 1. The second-order valence-corrected chi connectivity index (χ2v) is 4.71. The zero-order valence-electron chi connectivity index (χ0n) is 11.3. The maximum atomic E-state index is 8.95. The summed E-state index contributed by atoms with van der Waals surface area (Å²) in [5, 5.41) is 12.3. The van der Waals surface area contributed by atoms with Crippen LogP contribution in [-0.2, 0) is 6.54 Å². The van der Waals surface area contributed by atoms with E-state index in [1.165, 1.54) is 12.0 Å². The smallest absolute Gasteiger partial charge is 0.136 e. The van der Waals surface area contributed by atoms with Crippen LogP contribution in [0, 0.1) is 11.3 Å². The van der Waals surface area contributed by atoms with Crippen molar-refractivity contribution < 1.29 is 4.74 Å². The average Bonchev–Trinajstić information content (AvgIpc) is 2.92. The van der Waals surface area contributed by atoms with Crippen molar-refractivity contribution in [3.05, 3.63) is 29.3 Å². The lowest BCUT2D eigenvalue weighted by Gasteiger charge is -2.23. The quantitative estimate of drug-likeness (QED) is 0.914. The Morgan fingerprint density at radius 3 is 2.89 bits per heavy atom. The van der Waals surface area contributed by atoms with E-state index in [0.29, 0.717) is 17.4 Å². The number of halogens is 1. The third-order valence-electron chi connectivity index (χ3n) is 3.48. The molecular formula is C14H20ClN3O. The summed E-state index contributed by atoms with van der Waals surface area (Å²) in [4.78, 5) is 2.35. The second-order valence-electron chi connectivity index (χ2n) is 4.71. The molecule has 104 valence electrons. The van der Waals surface area contributed by atoms with Gasteiger partial charge >= 0.3 is 0 Å². The molecule has 1 atom stereocenters. The van der Waals surface area contributed by atoms with Crippen LogP contribution in [0.4, 0.5) is 0 Å². The van der Waals surface area contributed by atoms with E-state index in [9.17, 15) is 0 Å². The number of hydrogen-bond donors (Lipinski definition) is 1. The predicted molar refractivity (Wildman–Crippen MR) is 77.7 cm³/mol. The fourth-order valence-electron chi connectivity index (χ4n) is 2.36. The third kappa shape index (κ3) is 3.84. The highest BCUT2D eigenvalue weighted by Gasteiger charge is 2.19. The lowest BCUT2D eigenvalue weighted by atomic mass is 10.1. The van der Waals surface area contributed by atoms with Crippen molar-refractivity contribution in [2.75, 3.05) is 27.2 Å². The van der Waals surface area contributed by atoms with Crippen LogP contribution in [0.25, 0.3) is 0 Å². The maximum absolute atomic E-state index is 8.95. The number of ether oxygens (including phenoxy) is 1. The van der Waals surface area contributed by atoms with Gasteiger partial charge in [-0.25, -0.2) is 0 Å². The molecule has 1 N–H and O–H groups in total. The summed E-state index contributed by atoms with van der Waals surface area (Å²) >= 11 is 0. The summed E-state index contributed by atoms with van der Waals surface area (Å²) in [5.74, 6) is 0.660. The molecule has 4 nitrogen and oxygen atoms in total. The van der Waals surface area contributed by atoms with Crippen LogP contribution in [-0.4, -0.2) is 38.2 Å². The van der Waals surface area contributed by atoms with E-state index in [2.05, 4.69) is 23.3 Å². The van der Waals surface area contributed by atoms with E-state index in [1.54, 1.807) is 7.11 Å². The molecule has 1 aromatic rings. The lowest BCUT2D eigenvalue weighted by Crippen LogP contribution is -2.32. The Kier molecular flexibility index (Phi) is 6.10. The van der Waals surface area contributed by atoms with E-state index in [0.717, 1.165) is 19.6 Å². The molecule has 0 radical (unpaired) electrons. The molecule has 1 unspecified atom stereocenters. The highest BCUT2D eigenvalue weighted by atomic mass is 35.5. The van der Waals surface area contributed by atoms with Crippen LogP contribution in [0.3, 0.4) is 0 Å². The third-order valence-corrected chi connectivity index (χ3v) is 3.48. The van der Waals surface area contributed by atoms with E-state index >= 15 is 0 Å². The molecule has 19 heavy (non-hydrogen) atoms. The van der Waals surface area contributed by atoms with Crippen molar-refractivity contribution in [3.63, 3.8) is 0 Å². The van der Waals surface area contributed by atoms with Crippen LogP contribution in [0.2, 0.25) is 0 Å². The van der Waals surface area contributed by atoms with Crippen LogP contribution in [0.1, 0.15) is 17.5 Å². The average molecular weight is 282 g/mol. The van der Waals surface area contributed by atoms with Gasteiger partial charge in [-0.1, -0.05) is 6.07 Å². The molecular weight excluding hydrogens is 262 g/mol. The van der Waals surface area contributed by atoms with E-state index < -0.39 is 0 Å². The molecule has 0 aliphatic carbocycles. The topological polar surface area (TPSA) is 48.3 Å². The van der Waals surface area contributed by atoms with Gasteiger partial charge in [0, 0.05) is 19.1 Å². The van der Waals surface area contributed by atoms with Gasteiger partial charge in [0.05, 0.1) is 12.7 Å². The van der Waals surface area contributed by atoms with Gasteiger partial charge in [-0.15, -0.1) is 12.4 Å². The largest absolute Gasteiger partial charge is 0.495 e. The van der Waals surface area contributed by atoms with Gasteiger partial charge in [0.2, 0.25) is 0 Å². The number of hydrogen-bond acceptors (Lipinski definition) is 4. The lowest BCUT2D eigenvalue weighted by molar-refractivity contribution is 0.248. The van der Waals surface area contributed by atoms with Crippen molar-refractivity contribution >= 4 is 12.4 Å². The molecule has 0 bridgehead atoms. The Morgan fingerprint density at radius 2 is 2.32 bits per heavy atom. The zero-order valence-corrected chi connectivity index (χ0v) is 12.2. The highest BCUT2D eigenvalue weighted by Crippen LogP contribution is 2.21. The molecule has 0 spiro atoms. The first kappa shape index (κ1) is 15.8. The summed E-state index contributed by atoms with van der Waals surface area (Å²) in [6, 6.07) is 8.52. The highest BCUT2D eigenvalue weighted by molar-refractivity contribution is 5.85. The van der Waals surface area contributed by atoms with Crippen molar-refractivity contribution in [1.29, 1.82) is 5.26 Å². The fourth-order valence-corrected chi connectivity index (χ4v) is 2.36. The molecule has 1 aliphatic heterocycles. The number of nitrogens with zero attached hydrogens (tertiary/aromatic N) is 2. The fraction of sp³-hybridized carbons (Fsp3) is 0.500. The van der Waals surface area contributed by atoms with Gasteiger partial charge in [0.15, 0.2) is 0 Å². The molecule has 0 aromatic heterocycles. The number of likely N-dealkylation sites (N-methyl/N-ethyl adjacent to an activating group) is 1. The van der Waals surface area contributed by atoms with Crippen molar-refractivity contribution in [1.82, 2.24) is 10.2 Å². The van der Waals surface area contributed by atoms with Crippen LogP contribution in [0.5, 0.6) is 5.75 Å². The van der Waals surface area contributed by atoms with Crippen LogP contribution >= 0.6 is 12.4 Å². The van der Waals surface area contributed by atoms with Crippen LogP contribution in [0.15, 0.2) is 18.2 Å². The monoisotopic (exact) mass is 281 g/mol. The Hall–Kier alpha value is -1.28. The van der Waals surface area contributed by atoms with E-state index in [1.807, 2.05) is 18.2 Å². The Morgan fingerprint density at radius 1 is 1.53 bits per heavy atom. The number of nitriles is 1. The Bertz CT molecular complexity index is 452. The van der Waals surface area contributed by atoms with Crippen LogP contribution < -0.4 is 10.1 Å². The number of nitrogens with one attached hydrogen (secondary N) is 1. The van der Waals surface area contributed by atoms with Gasteiger partial charge in [-0.05, 0) is 37.7 Å². The molecule has 1 aliphatic rings. The Balaban J connectivity index is 0.00000180. The molecule has 2 rings (SSSR count). The minimum atomic E-state index is 0. The van der Waals surface area contributed by atoms with E-state index in [-0.39, 0.29) is 12.4 Å².